The van der Waals surface area contributed by atoms with Gasteiger partial charge in [0, 0.05) is 0 Å². The Morgan fingerprint density at radius 2 is 1.61 bits per heavy atom. The second kappa shape index (κ2) is 13.0. The van der Waals surface area contributed by atoms with Crippen LogP contribution in [0, 0.1) is 5.92 Å². The average molecular weight is 403 g/mol. The first-order valence-corrected chi connectivity index (χ1v) is 9.25. The number of carboxylic acid groups (broad SMARTS) is 1. The zero-order valence-corrected chi connectivity index (χ0v) is 16.6. The van der Waals surface area contributed by atoms with Gasteiger partial charge in [0.05, 0.1) is 18.7 Å². The summed E-state index contributed by atoms with van der Waals surface area (Å²) in [4.78, 5) is 47.3. The number of nitrogens with one attached hydrogen (secondary N) is 3. The number of aliphatic carboxylic acids is 1. The highest BCUT2D eigenvalue weighted by atomic mass is 16.4. The molecule has 0 heterocycles. The first kappa shape index (κ1) is 25.8. The van der Waals surface area contributed by atoms with E-state index in [1.807, 2.05) is 0 Å². The molecule has 0 aliphatic carbocycles. The molecule has 0 saturated carbocycles. The van der Waals surface area contributed by atoms with Crippen LogP contribution in [0.1, 0.15) is 40.0 Å². The van der Waals surface area contributed by atoms with Crippen LogP contribution < -0.4 is 27.4 Å². The van der Waals surface area contributed by atoms with Crippen LogP contribution in [0.25, 0.3) is 0 Å². The third kappa shape index (κ3) is 9.62. The van der Waals surface area contributed by atoms with Crippen LogP contribution in [0.5, 0.6) is 0 Å². The molecule has 9 N–H and O–H groups in total. The van der Waals surface area contributed by atoms with Crippen LogP contribution >= 0.6 is 0 Å². The summed E-state index contributed by atoms with van der Waals surface area (Å²) in [5.74, 6) is -3.46. The number of hydrogen-bond donors (Lipinski definition) is 7. The van der Waals surface area contributed by atoms with Gasteiger partial charge in [-0.1, -0.05) is 13.8 Å². The third-order valence-electron chi connectivity index (χ3n) is 4.09. The molecule has 3 amide bonds. The third-order valence-corrected chi connectivity index (χ3v) is 4.09. The van der Waals surface area contributed by atoms with E-state index < -0.39 is 54.5 Å². The molecule has 0 spiro atoms. The fourth-order valence-corrected chi connectivity index (χ4v) is 2.23. The second-order valence-corrected chi connectivity index (χ2v) is 6.96. The van der Waals surface area contributed by atoms with E-state index in [-0.39, 0.29) is 12.3 Å². The monoisotopic (exact) mass is 403 g/mol. The highest BCUT2D eigenvalue weighted by Gasteiger charge is 2.29. The molecule has 0 aromatic rings. The molecule has 0 radical (unpaired) electrons. The van der Waals surface area contributed by atoms with Gasteiger partial charge in [0.25, 0.3) is 0 Å². The molecule has 0 aliphatic rings. The standard InChI is InChI=1S/C17H33N5O6/c1-9(2)13(19)15(25)22-14(10(3)23)16(26)20-8-12(24)21-11(17(27)28)6-4-5-7-18/h9-11,13-14,23H,4-8,18-19H2,1-3H3,(H,20,26)(H,21,24)(H,22,25)(H,27,28). The van der Waals surface area contributed by atoms with Gasteiger partial charge < -0.3 is 37.6 Å². The Hall–Kier alpha value is -2.24. The number of carbonyl (C=O) groups excluding carboxylic acids is 3. The lowest BCUT2D eigenvalue weighted by molar-refractivity contribution is -0.142. The van der Waals surface area contributed by atoms with Gasteiger partial charge in [-0.2, -0.15) is 0 Å². The Kier molecular flexibility index (Phi) is 12.0. The molecule has 0 bridgehead atoms. The van der Waals surface area contributed by atoms with Gasteiger partial charge in [0.15, 0.2) is 0 Å². The van der Waals surface area contributed by atoms with Crippen LogP contribution in [-0.4, -0.2) is 71.2 Å². The molecule has 0 rings (SSSR count). The van der Waals surface area contributed by atoms with Crippen molar-refractivity contribution < 1.29 is 29.4 Å². The molecular formula is C17H33N5O6. The van der Waals surface area contributed by atoms with E-state index in [4.69, 9.17) is 16.6 Å². The van der Waals surface area contributed by atoms with Gasteiger partial charge in [-0.25, -0.2) is 4.79 Å². The van der Waals surface area contributed by atoms with Crippen LogP contribution in [0.4, 0.5) is 0 Å². The fourth-order valence-electron chi connectivity index (χ4n) is 2.23. The van der Waals surface area contributed by atoms with Crippen molar-refractivity contribution in [3.05, 3.63) is 0 Å². The second-order valence-electron chi connectivity index (χ2n) is 6.96. The maximum Gasteiger partial charge on any atom is 0.326 e. The predicted octanol–water partition coefficient (Wildman–Crippen LogP) is -2.35. The molecular weight excluding hydrogens is 370 g/mol. The van der Waals surface area contributed by atoms with E-state index in [9.17, 15) is 24.3 Å². The first-order chi connectivity index (χ1) is 13.0. The molecule has 11 heteroatoms. The van der Waals surface area contributed by atoms with Crippen molar-refractivity contribution in [2.75, 3.05) is 13.1 Å². The van der Waals surface area contributed by atoms with Gasteiger partial charge in [0.1, 0.15) is 12.1 Å². The van der Waals surface area contributed by atoms with Crippen molar-refractivity contribution in [1.82, 2.24) is 16.0 Å². The Morgan fingerprint density at radius 1 is 1.00 bits per heavy atom. The summed E-state index contributed by atoms with van der Waals surface area (Å²) in [5.41, 5.74) is 11.1. The number of nitrogens with two attached hydrogens (primary N) is 2. The molecule has 0 aromatic heterocycles. The maximum absolute atomic E-state index is 12.2. The predicted molar refractivity (Wildman–Crippen MR) is 102 cm³/mol. The first-order valence-electron chi connectivity index (χ1n) is 9.25. The minimum Gasteiger partial charge on any atom is -0.480 e. The number of amides is 3. The van der Waals surface area contributed by atoms with Crippen LogP contribution in [0.2, 0.25) is 0 Å². The molecule has 0 saturated heterocycles. The van der Waals surface area contributed by atoms with Crippen molar-refractivity contribution in [1.29, 1.82) is 0 Å². The number of carboxylic acids is 1. The zero-order valence-electron chi connectivity index (χ0n) is 16.6. The Bertz CT molecular complexity index is 540. The molecule has 0 fully saturated rings. The van der Waals surface area contributed by atoms with Crippen LogP contribution in [-0.2, 0) is 19.2 Å². The molecule has 0 aromatic carbocycles. The van der Waals surface area contributed by atoms with Crippen molar-refractivity contribution in [3.8, 4) is 0 Å². The zero-order chi connectivity index (χ0) is 21.9. The quantitative estimate of drug-likeness (QED) is 0.166. The lowest BCUT2D eigenvalue weighted by Crippen LogP contribution is -2.57. The van der Waals surface area contributed by atoms with Crippen LogP contribution in [0.15, 0.2) is 0 Å². The SMILES string of the molecule is CC(C)C(N)C(=O)NC(C(=O)NCC(=O)NC(CCCCN)C(=O)O)C(C)O. The minimum absolute atomic E-state index is 0.171. The lowest BCUT2D eigenvalue weighted by Gasteiger charge is -2.24. The van der Waals surface area contributed by atoms with E-state index in [0.717, 1.165) is 0 Å². The topological polar surface area (TPSA) is 197 Å². The Balaban J connectivity index is 4.69. The number of hydrogen-bond acceptors (Lipinski definition) is 7. The van der Waals surface area contributed by atoms with Gasteiger partial charge in [-0.15, -0.1) is 0 Å². The number of unbranched alkanes of at least 4 members (excludes halogenated alkanes) is 1. The van der Waals surface area contributed by atoms with E-state index in [1.54, 1.807) is 13.8 Å². The van der Waals surface area contributed by atoms with Gasteiger partial charge in [0.2, 0.25) is 17.7 Å². The summed E-state index contributed by atoms with van der Waals surface area (Å²) in [6, 6.07) is -3.25. The van der Waals surface area contributed by atoms with Gasteiger partial charge in [-0.3, -0.25) is 14.4 Å². The minimum atomic E-state index is -1.30. The van der Waals surface area contributed by atoms with Crippen molar-refractivity contribution >= 4 is 23.7 Å². The molecule has 4 unspecified atom stereocenters. The summed E-state index contributed by atoms with van der Waals surface area (Å²) >= 11 is 0. The van der Waals surface area contributed by atoms with E-state index in [2.05, 4.69) is 16.0 Å². The normalized spacial score (nSPS) is 15.2. The average Bonchev–Trinajstić information content (AvgIpc) is 2.61. The Morgan fingerprint density at radius 3 is 2.07 bits per heavy atom. The van der Waals surface area contributed by atoms with Crippen LogP contribution in [0.3, 0.4) is 0 Å². The van der Waals surface area contributed by atoms with Gasteiger partial charge >= 0.3 is 5.97 Å². The van der Waals surface area contributed by atoms with E-state index in [1.165, 1.54) is 6.92 Å². The smallest absolute Gasteiger partial charge is 0.326 e. The fraction of sp³-hybridized carbons (Fsp3) is 0.765. The summed E-state index contributed by atoms with van der Waals surface area (Å²) in [7, 11) is 0. The Labute approximate surface area is 164 Å². The number of aliphatic hydroxyl groups excluding tert-OH is 1. The summed E-state index contributed by atoms with van der Waals surface area (Å²) in [6.07, 6.45) is 0.150. The van der Waals surface area contributed by atoms with Crippen molar-refractivity contribution in [2.24, 2.45) is 17.4 Å². The number of rotatable bonds is 13. The summed E-state index contributed by atoms with van der Waals surface area (Å²) in [5, 5.41) is 25.8. The van der Waals surface area contributed by atoms with Crippen molar-refractivity contribution in [3.63, 3.8) is 0 Å². The van der Waals surface area contributed by atoms with Gasteiger partial charge in [-0.05, 0) is 38.6 Å². The molecule has 162 valence electrons. The summed E-state index contributed by atoms with van der Waals surface area (Å²) < 4.78 is 0. The highest BCUT2D eigenvalue weighted by molar-refractivity contribution is 5.92. The molecule has 11 nitrogen and oxygen atoms in total. The largest absolute Gasteiger partial charge is 0.480 e. The molecule has 4 atom stereocenters. The highest BCUT2D eigenvalue weighted by Crippen LogP contribution is 2.02. The maximum atomic E-state index is 12.2. The number of aliphatic hydroxyl groups is 1. The summed E-state index contributed by atoms with van der Waals surface area (Å²) in [6.45, 7) is 4.69. The van der Waals surface area contributed by atoms with Crippen molar-refractivity contribution in [2.45, 2.75) is 64.3 Å². The lowest BCUT2D eigenvalue weighted by atomic mass is 10.0. The molecule has 28 heavy (non-hydrogen) atoms. The van der Waals surface area contributed by atoms with E-state index >= 15 is 0 Å². The molecule has 0 aliphatic heterocycles. The number of carbonyl (C=O) groups is 4. The van der Waals surface area contributed by atoms with E-state index in [0.29, 0.717) is 19.4 Å².